The van der Waals surface area contributed by atoms with Crippen LogP contribution in [-0.4, -0.2) is 22.2 Å². The van der Waals surface area contributed by atoms with Crippen molar-refractivity contribution in [2.75, 3.05) is 0 Å². The summed E-state index contributed by atoms with van der Waals surface area (Å²) in [4.78, 5) is 21.4. The van der Waals surface area contributed by atoms with E-state index < -0.39 is 17.9 Å². The quantitative estimate of drug-likeness (QED) is 0.760. The minimum Gasteiger partial charge on any atom is -0.478 e. The molecule has 0 aromatic heterocycles. The van der Waals surface area contributed by atoms with Gasteiger partial charge in [-0.1, -0.05) is 37.3 Å². The van der Waals surface area contributed by atoms with Crippen LogP contribution in [0, 0.1) is 0 Å². The zero-order valence-corrected chi connectivity index (χ0v) is 8.75. The number of hydrogen-bond acceptors (Lipinski definition) is 2. The van der Waals surface area contributed by atoms with Crippen LogP contribution in [0.2, 0.25) is 0 Å². The highest BCUT2D eigenvalue weighted by Crippen LogP contribution is 2.23. The van der Waals surface area contributed by atoms with E-state index in [2.05, 4.69) is 0 Å². The minimum absolute atomic E-state index is 0.126. The summed E-state index contributed by atoms with van der Waals surface area (Å²) in [5.41, 5.74) is 0.649. The molecule has 1 aromatic rings. The summed E-state index contributed by atoms with van der Waals surface area (Å²) in [5, 5.41) is 17.5. The maximum Gasteiger partial charge on any atom is 0.332 e. The Balaban J connectivity index is 3.06. The van der Waals surface area contributed by atoms with Crippen LogP contribution in [0.4, 0.5) is 0 Å². The van der Waals surface area contributed by atoms with E-state index in [0.29, 0.717) is 0 Å². The molecule has 1 aromatic carbocycles. The molecule has 0 saturated heterocycles. The van der Waals surface area contributed by atoms with E-state index in [9.17, 15) is 9.59 Å². The van der Waals surface area contributed by atoms with Crippen LogP contribution in [0.15, 0.2) is 42.0 Å². The van der Waals surface area contributed by atoms with Gasteiger partial charge in [0.1, 0.15) is 0 Å². The number of benzene rings is 1. The molecule has 1 atom stereocenters. The van der Waals surface area contributed by atoms with E-state index in [1.807, 2.05) is 6.07 Å². The molecule has 0 amide bonds. The average Bonchev–Trinajstić information content (AvgIpc) is 2.25. The zero-order chi connectivity index (χ0) is 12.1. The van der Waals surface area contributed by atoms with Crippen LogP contribution >= 0.6 is 0 Å². The molecule has 0 bridgehead atoms. The molecule has 1 rings (SSSR count). The highest BCUT2D eigenvalue weighted by atomic mass is 16.4. The highest BCUT2D eigenvalue weighted by molar-refractivity contribution is 5.95. The summed E-state index contributed by atoms with van der Waals surface area (Å²) in [7, 11) is 0. The number of rotatable bonds is 4. The molecule has 0 saturated carbocycles. The summed E-state index contributed by atoms with van der Waals surface area (Å²) in [5.74, 6) is -2.91. The second-order valence-corrected chi connectivity index (χ2v) is 3.38. The first-order valence-corrected chi connectivity index (χ1v) is 4.75. The van der Waals surface area contributed by atoms with Gasteiger partial charge in [0.15, 0.2) is 0 Å². The lowest BCUT2D eigenvalue weighted by molar-refractivity contribution is -0.135. The third kappa shape index (κ3) is 2.95. The Bertz CT molecular complexity index is 420. The molecule has 0 fully saturated rings. The summed E-state index contributed by atoms with van der Waals surface area (Å²) in [6, 6.07) is 8.92. The second kappa shape index (κ2) is 5.11. The second-order valence-electron chi connectivity index (χ2n) is 3.38. The smallest absolute Gasteiger partial charge is 0.332 e. The lowest BCUT2D eigenvalue weighted by atomic mass is 9.92. The lowest BCUT2D eigenvalue weighted by Crippen LogP contribution is -2.10. The molecular formula is C12H12O4. The highest BCUT2D eigenvalue weighted by Gasteiger charge is 2.18. The van der Waals surface area contributed by atoms with Crippen LogP contribution in [0.1, 0.15) is 18.4 Å². The van der Waals surface area contributed by atoms with Crippen molar-refractivity contribution in [1.82, 2.24) is 0 Å². The fourth-order valence-electron chi connectivity index (χ4n) is 1.43. The maximum absolute atomic E-state index is 10.9. The topological polar surface area (TPSA) is 74.6 Å². The Hall–Kier alpha value is -2.10. The minimum atomic E-state index is -1.25. The third-order valence-corrected chi connectivity index (χ3v) is 2.29. The molecule has 0 unspecified atom stereocenters. The SMILES string of the molecule is C[C@H](/C(=C/C(=O)O)C(=O)O)c1ccccc1. The zero-order valence-electron chi connectivity index (χ0n) is 8.75. The molecule has 16 heavy (non-hydrogen) atoms. The first kappa shape index (κ1) is 12.0. The average molecular weight is 220 g/mol. The number of carboxylic acid groups (broad SMARTS) is 2. The van der Waals surface area contributed by atoms with Crippen LogP contribution in [0.25, 0.3) is 0 Å². The van der Waals surface area contributed by atoms with E-state index >= 15 is 0 Å². The van der Waals surface area contributed by atoms with Gasteiger partial charge in [-0.25, -0.2) is 9.59 Å². The van der Waals surface area contributed by atoms with E-state index in [1.165, 1.54) is 0 Å². The number of hydrogen-bond donors (Lipinski definition) is 2. The summed E-state index contributed by atoms with van der Waals surface area (Å²) in [6.45, 7) is 1.66. The number of carboxylic acids is 2. The monoisotopic (exact) mass is 220 g/mol. The van der Waals surface area contributed by atoms with Crippen LogP contribution in [0.3, 0.4) is 0 Å². The standard InChI is InChI=1S/C12H12O4/c1-8(9-5-3-2-4-6-9)10(12(15)16)7-11(13)14/h2-8H,1H3,(H,13,14)(H,15,16)/b10-7-/t8-/m0/s1. The normalized spacial score (nSPS) is 13.2. The maximum atomic E-state index is 10.9. The van der Waals surface area contributed by atoms with Gasteiger partial charge in [0.05, 0.1) is 5.57 Å². The molecule has 4 nitrogen and oxygen atoms in total. The molecule has 0 spiro atoms. The summed E-state index contributed by atoms with van der Waals surface area (Å²) < 4.78 is 0. The number of carbonyl (C=O) groups is 2. The van der Waals surface area contributed by atoms with Gasteiger partial charge >= 0.3 is 11.9 Å². The molecule has 0 radical (unpaired) electrons. The Morgan fingerprint density at radius 1 is 1.19 bits per heavy atom. The largest absolute Gasteiger partial charge is 0.478 e. The Morgan fingerprint density at radius 2 is 1.75 bits per heavy atom. The van der Waals surface area contributed by atoms with Crippen LogP contribution < -0.4 is 0 Å². The van der Waals surface area contributed by atoms with Crippen molar-refractivity contribution in [2.45, 2.75) is 12.8 Å². The van der Waals surface area contributed by atoms with Gasteiger partial charge in [-0.3, -0.25) is 0 Å². The van der Waals surface area contributed by atoms with E-state index in [1.54, 1.807) is 31.2 Å². The molecule has 4 heteroatoms. The van der Waals surface area contributed by atoms with Gasteiger partial charge in [0.25, 0.3) is 0 Å². The first-order valence-electron chi connectivity index (χ1n) is 4.75. The van der Waals surface area contributed by atoms with Gasteiger partial charge in [0.2, 0.25) is 0 Å². The fourth-order valence-corrected chi connectivity index (χ4v) is 1.43. The van der Waals surface area contributed by atoms with Crippen molar-refractivity contribution in [2.24, 2.45) is 0 Å². The molecule has 2 N–H and O–H groups in total. The molecule has 84 valence electrons. The molecule has 0 aliphatic carbocycles. The Morgan fingerprint density at radius 3 is 2.19 bits per heavy atom. The number of aliphatic carboxylic acids is 2. The van der Waals surface area contributed by atoms with E-state index in [4.69, 9.17) is 10.2 Å². The molecular weight excluding hydrogens is 208 g/mol. The van der Waals surface area contributed by atoms with Gasteiger partial charge in [-0.2, -0.15) is 0 Å². The van der Waals surface area contributed by atoms with Crippen LogP contribution in [0.5, 0.6) is 0 Å². The van der Waals surface area contributed by atoms with Crippen molar-refractivity contribution in [3.8, 4) is 0 Å². The van der Waals surface area contributed by atoms with Crippen molar-refractivity contribution in [3.63, 3.8) is 0 Å². The molecule has 0 aliphatic heterocycles. The summed E-state index contributed by atoms with van der Waals surface area (Å²) in [6.07, 6.45) is 0.736. The van der Waals surface area contributed by atoms with E-state index in [-0.39, 0.29) is 5.57 Å². The Labute approximate surface area is 92.8 Å². The predicted molar refractivity (Wildman–Crippen MR) is 58.2 cm³/mol. The van der Waals surface area contributed by atoms with Gasteiger partial charge < -0.3 is 10.2 Å². The predicted octanol–water partition coefficient (Wildman–Crippen LogP) is 1.89. The first-order chi connectivity index (χ1) is 7.52. The van der Waals surface area contributed by atoms with Gasteiger partial charge in [0, 0.05) is 12.0 Å². The molecule has 0 aliphatic rings. The van der Waals surface area contributed by atoms with Crippen LogP contribution in [-0.2, 0) is 9.59 Å². The Kier molecular flexibility index (Phi) is 3.83. The molecule has 0 heterocycles. The van der Waals surface area contributed by atoms with Crippen molar-refractivity contribution in [3.05, 3.63) is 47.5 Å². The lowest BCUT2D eigenvalue weighted by Gasteiger charge is -2.11. The van der Waals surface area contributed by atoms with E-state index in [0.717, 1.165) is 11.6 Å². The fraction of sp³-hybridized carbons (Fsp3) is 0.167. The summed E-state index contributed by atoms with van der Waals surface area (Å²) >= 11 is 0. The van der Waals surface area contributed by atoms with Crippen molar-refractivity contribution >= 4 is 11.9 Å². The van der Waals surface area contributed by atoms with Crippen molar-refractivity contribution < 1.29 is 19.8 Å². The van der Waals surface area contributed by atoms with Gasteiger partial charge in [-0.15, -0.1) is 0 Å². The third-order valence-electron chi connectivity index (χ3n) is 2.29. The van der Waals surface area contributed by atoms with Crippen molar-refractivity contribution in [1.29, 1.82) is 0 Å². The van der Waals surface area contributed by atoms with Gasteiger partial charge in [-0.05, 0) is 5.56 Å².